The first-order valence-electron chi connectivity index (χ1n) is 8.62. The third-order valence-corrected chi connectivity index (χ3v) is 4.41. The molecule has 0 fully saturated rings. The van der Waals surface area contributed by atoms with Crippen LogP contribution < -0.4 is 14.8 Å². The highest BCUT2D eigenvalue weighted by Gasteiger charge is 2.14. The van der Waals surface area contributed by atoms with Gasteiger partial charge in [-0.1, -0.05) is 49.4 Å². The van der Waals surface area contributed by atoms with E-state index >= 15 is 0 Å². The van der Waals surface area contributed by atoms with Crippen molar-refractivity contribution in [2.24, 2.45) is 0 Å². The van der Waals surface area contributed by atoms with Gasteiger partial charge in [0.15, 0.2) is 5.75 Å². The Balaban J connectivity index is 2.01. The van der Waals surface area contributed by atoms with Crippen molar-refractivity contribution >= 4 is 34.8 Å². The third-order valence-electron chi connectivity index (χ3n) is 3.85. The summed E-state index contributed by atoms with van der Waals surface area (Å²) in [6.45, 7) is 2.71. The van der Waals surface area contributed by atoms with Crippen LogP contribution in [0, 0.1) is 0 Å². The number of benzene rings is 2. The molecule has 4 nitrogen and oxygen atoms in total. The van der Waals surface area contributed by atoms with Gasteiger partial charge in [-0.25, -0.2) is 0 Å². The van der Waals surface area contributed by atoms with Crippen molar-refractivity contribution in [2.75, 3.05) is 19.0 Å². The molecule has 0 unspecified atom stereocenters. The summed E-state index contributed by atoms with van der Waals surface area (Å²) in [5.41, 5.74) is 1.02. The minimum absolute atomic E-state index is 0.298. The lowest BCUT2D eigenvalue weighted by molar-refractivity contribution is 0.102. The van der Waals surface area contributed by atoms with Gasteiger partial charge in [0.05, 0.1) is 23.8 Å². The second kappa shape index (κ2) is 10.3. The fraction of sp³-hybridized carbons (Fsp3) is 0.350. The fourth-order valence-corrected chi connectivity index (χ4v) is 3.01. The summed E-state index contributed by atoms with van der Waals surface area (Å²) in [4.78, 5) is 12.4. The van der Waals surface area contributed by atoms with Gasteiger partial charge in [-0.15, -0.1) is 0 Å². The molecule has 2 aromatic carbocycles. The van der Waals surface area contributed by atoms with Crippen LogP contribution in [0.3, 0.4) is 0 Å². The molecule has 0 aromatic heterocycles. The molecule has 2 aromatic rings. The Morgan fingerprint density at radius 3 is 2.27 bits per heavy atom. The second-order valence-electron chi connectivity index (χ2n) is 5.86. The summed E-state index contributed by atoms with van der Waals surface area (Å²) in [5, 5.41) is 3.45. The maximum atomic E-state index is 12.4. The lowest BCUT2D eigenvalue weighted by Crippen LogP contribution is -2.12. The molecule has 0 spiro atoms. The third kappa shape index (κ3) is 5.82. The molecule has 0 aliphatic carbocycles. The van der Waals surface area contributed by atoms with Crippen molar-refractivity contribution in [3.63, 3.8) is 0 Å². The van der Waals surface area contributed by atoms with Crippen LogP contribution in [0.1, 0.15) is 43.0 Å². The van der Waals surface area contributed by atoms with Crippen LogP contribution >= 0.6 is 23.2 Å². The van der Waals surface area contributed by atoms with E-state index in [-0.39, 0.29) is 5.91 Å². The highest BCUT2D eigenvalue weighted by Crippen LogP contribution is 2.34. The molecule has 0 atom stereocenters. The first-order chi connectivity index (χ1) is 12.5. The first kappa shape index (κ1) is 20.4. The van der Waals surface area contributed by atoms with Crippen LogP contribution in [-0.2, 0) is 0 Å². The molecule has 26 heavy (non-hydrogen) atoms. The monoisotopic (exact) mass is 395 g/mol. The summed E-state index contributed by atoms with van der Waals surface area (Å²) < 4.78 is 10.8. The summed E-state index contributed by atoms with van der Waals surface area (Å²) in [6.07, 6.45) is 4.39. The Hall–Kier alpha value is -1.91. The molecular formula is C20H23Cl2NO3. The molecule has 0 radical (unpaired) electrons. The van der Waals surface area contributed by atoms with Crippen molar-refractivity contribution < 1.29 is 14.3 Å². The average molecular weight is 396 g/mol. The summed E-state index contributed by atoms with van der Waals surface area (Å²) in [6, 6.07) is 10.2. The Morgan fingerprint density at radius 2 is 1.69 bits per heavy atom. The first-order valence-corrected chi connectivity index (χ1v) is 9.38. The standard InChI is InChI=1S/C20H23Cl2NO3/c1-3-4-5-6-11-26-19-17(21)12-14(13-18(19)22)20(24)23-15-7-9-16(25-2)10-8-15/h7-10,12-13H,3-6,11H2,1-2H3,(H,23,24). The molecule has 0 bridgehead atoms. The number of carbonyl (C=O) groups excluding carboxylic acids is 1. The van der Waals surface area contributed by atoms with Crippen molar-refractivity contribution in [1.29, 1.82) is 0 Å². The van der Waals surface area contributed by atoms with Gasteiger partial charge in [0, 0.05) is 11.3 Å². The highest BCUT2D eigenvalue weighted by atomic mass is 35.5. The number of nitrogens with one attached hydrogen (secondary N) is 1. The van der Waals surface area contributed by atoms with E-state index in [0.717, 1.165) is 18.6 Å². The number of carbonyl (C=O) groups is 1. The number of hydrogen-bond acceptors (Lipinski definition) is 3. The molecule has 6 heteroatoms. The lowest BCUT2D eigenvalue weighted by atomic mass is 10.2. The fourth-order valence-electron chi connectivity index (χ4n) is 2.41. The number of hydrogen-bond donors (Lipinski definition) is 1. The Morgan fingerprint density at radius 1 is 1.04 bits per heavy atom. The molecule has 0 saturated carbocycles. The maximum absolute atomic E-state index is 12.4. The van der Waals surface area contributed by atoms with Gasteiger partial charge >= 0.3 is 0 Å². The van der Waals surface area contributed by atoms with Gasteiger partial charge in [-0.05, 0) is 42.8 Å². The van der Waals surface area contributed by atoms with E-state index in [1.165, 1.54) is 12.8 Å². The number of ether oxygens (including phenoxy) is 2. The molecule has 0 saturated heterocycles. The summed E-state index contributed by atoms with van der Waals surface area (Å²) >= 11 is 12.5. The van der Waals surface area contributed by atoms with E-state index in [0.29, 0.717) is 33.7 Å². The number of rotatable bonds is 9. The minimum atomic E-state index is -0.298. The number of unbranched alkanes of at least 4 members (excludes halogenated alkanes) is 3. The quantitative estimate of drug-likeness (QED) is 0.513. The molecule has 2 rings (SSSR count). The van der Waals surface area contributed by atoms with Crippen molar-refractivity contribution in [2.45, 2.75) is 32.6 Å². The van der Waals surface area contributed by atoms with Crippen LogP contribution in [0.2, 0.25) is 10.0 Å². The predicted octanol–water partition coefficient (Wildman–Crippen LogP) is 6.21. The smallest absolute Gasteiger partial charge is 0.255 e. The maximum Gasteiger partial charge on any atom is 0.255 e. The Kier molecular flexibility index (Phi) is 8.07. The van der Waals surface area contributed by atoms with E-state index in [2.05, 4.69) is 12.2 Å². The zero-order valence-corrected chi connectivity index (χ0v) is 16.5. The number of amides is 1. The molecule has 0 aliphatic heterocycles. The van der Waals surface area contributed by atoms with Crippen LogP contribution in [0.15, 0.2) is 36.4 Å². The SMILES string of the molecule is CCCCCCOc1c(Cl)cc(C(=O)Nc2ccc(OC)cc2)cc1Cl. The normalized spacial score (nSPS) is 10.5. The topological polar surface area (TPSA) is 47.6 Å². The van der Waals surface area contributed by atoms with Gasteiger partial charge in [-0.2, -0.15) is 0 Å². The van der Waals surface area contributed by atoms with Crippen molar-refractivity contribution in [3.8, 4) is 11.5 Å². The number of anilines is 1. The predicted molar refractivity (Wildman–Crippen MR) is 107 cm³/mol. The van der Waals surface area contributed by atoms with Crippen LogP contribution in [0.5, 0.6) is 11.5 Å². The van der Waals surface area contributed by atoms with Crippen molar-refractivity contribution in [1.82, 2.24) is 0 Å². The van der Waals surface area contributed by atoms with E-state index < -0.39 is 0 Å². The zero-order chi connectivity index (χ0) is 18.9. The zero-order valence-electron chi connectivity index (χ0n) is 15.0. The Labute approximate surface area is 164 Å². The van der Waals surface area contributed by atoms with Gasteiger partial charge in [-0.3, -0.25) is 4.79 Å². The number of methoxy groups -OCH3 is 1. The molecular weight excluding hydrogens is 373 g/mol. The lowest BCUT2D eigenvalue weighted by Gasteiger charge is -2.12. The van der Waals surface area contributed by atoms with E-state index in [1.807, 2.05) is 0 Å². The highest BCUT2D eigenvalue weighted by molar-refractivity contribution is 6.37. The summed E-state index contributed by atoms with van der Waals surface area (Å²) in [7, 11) is 1.59. The molecule has 1 amide bonds. The van der Waals surface area contributed by atoms with E-state index in [4.69, 9.17) is 32.7 Å². The van der Waals surface area contributed by atoms with Crippen LogP contribution in [-0.4, -0.2) is 19.6 Å². The van der Waals surface area contributed by atoms with E-state index in [9.17, 15) is 4.79 Å². The number of halogens is 2. The van der Waals surface area contributed by atoms with E-state index in [1.54, 1.807) is 43.5 Å². The van der Waals surface area contributed by atoms with Crippen LogP contribution in [0.4, 0.5) is 5.69 Å². The van der Waals surface area contributed by atoms with Crippen LogP contribution in [0.25, 0.3) is 0 Å². The second-order valence-corrected chi connectivity index (χ2v) is 6.68. The Bertz CT molecular complexity index is 709. The molecule has 0 heterocycles. The average Bonchev–Trinajstić information content (AvgIpc) is 2.63. The minimum Gasteiger partial charge on any atom is -0.497 e. The molecule has 140 valence electrons. The summed E-state index contributed by atoms with van der Waals surface area (Å²) in [5.74, 6) is 0.841. The molecule has 0 aliphatic rings. The van der Waals surface area contributed by atoms with Gasteiger partial charge in [0.2, 0.25) is 0 Å². The van der Waals surface area contributed by atoms with Gasteiger partial charge in [0.25, 0.3) is 5.91 Å². The van der Waals surface area contributed by atoms with Gasteiger partial charge < -0.3 is 14.8 Å². The largest absolute Gasteiger partial charge is 0.497 e. The van der Waals surface area contributed by atoms with Crippen molar-refractivity contribution in [3.05, 3.63) is 52.0 Å². The van der Waals surface area contributed by atoms with Gasteiger partial charge in [0.1, 0.15) is 5.75 Å². The molecule has 1 N–H and O–H groups in total.